The third kappa shape index (κ3) is 0.924. The van der Waals surface area contributed by atoms with Crippen LogP contribution in [0, 0.1) is 18.3 Å². The van der Waals surface area contributed by atoms with E-state index in [4.69, 9.17) is 11.0 Å². The third-order valence-corrected chi connectivity index (χ3v) is 1.92. The van der Waals surface area contributed by atoms with Gasteiger partial charge in [0.05, 0.1) is 10.9 Å². The predicted molar refractivity (Wildman–Crippen MR) is 47.8 cm³/mol. The summed E-state index contributed by atoms with van der Waals surface area (Å²) in [6.07, 6.45) is 1.37. The van der Waals surface area contributed by atoms with Gasteiger partial charge >= 0.3 is 0 Å². The Kier molecular flexibility index (Phi) is 1.43. The second-order valence-electron chi connectivity index (χ2n) is 2.72. The number of nitriles is 1. The van der Waals surface area contributed by atoms with Gasteiger partial charge < -0.3 is 10.7 Å². The molecular formula is C8H7N5. The standard InChI is InChI=1S/C8H7N5/c1-4-5(2-9)6-7(10)11-3-12-8(6)13-4/h3H,1H3,(H3,10,11,12,13). The largest absolute Gasteiger partial charge is 0.383 e. The Hall–Kier alpha value is -2.09. The van der Waals surface area contributed by atoms with Crippen LogP contribution in [0.3, 0.4) is 0 Å². The van der Waals surface area contributed by atoms with Gasteiger partial charge in [-0.15, -0.1) is 0 Å². The lowest BCUT2D eigenvalue weighted by atomic mass is 10.2. The molecule has 0 aliphatic heterocycles. The number of rotatable bonds is 0. The average Bonchev–Trinajstić information content (AvgIpc) is 2.42. The minimum Gasteiger partial charge on any atom is -0.383 e. The molecule has 0 aliphatic rings. The first-order valence-electron chi connectivity index (χ1n) is 3.73. The van der Waals surface area contributed by atoms with E-state index in [0.29, 0.717) is 22.4 Å². The highest BCUT2D eigenvalue weighted by molar-refractivity contribution is 5.92. The van der Waals surface area contributed by atoms with Crippen LogP contribution in [-0.4, -0.2) is 15.0 Å². The minimum atomic E-state index is 0.339. The average molecular weight is 173 g/mol. The SMILES string of the molecule is Cc1[nH]c2ncnc(N)c2c1C#N. The van der Waals surface area contributed by atoms with Crippen molar-refractivity contribution < 1.29 is 0 Å². The zero-order chi connectivity index (χ0) is 9.42. The molecule has 0 amide bonds. The maximum atomic E-state index is 8.85. The first-order chi connectivity index (χ1) is 6.24. The van der Waals surface area contributed by atoms with Crippen LogP contribution in [0.1, 0.15) is 11.3 Å². The molecule has 2 heterocycles. The van der Waals surface area contributed by atoms with Crippen LogP contribution >= 0.6 is 0 Å². The molecule has 0 aliphatic carbocycles. The maximum Gasteiger partial charge on any atom is 0.144 e. The Morgan fingerprint density at radius 3 is 3.00 bits per heavy atom. The Morgan fingerprint density at radius 2 is 2.31 bits per heavy atom. The van der Waals surface area contributed by atoms with Gasteiger partial charge in [0.15, 0.2) is 0 Å². The lowest BCUT2D eigenvalue weighted by molar-refractivity contribution is 1.19. The summed E-state index contributed by atoms with van der Waals surface area (Å²) in [6.45, 7) is 1.81. The van der Waals surface area contributed by atoms with Crippen molar-refractivity contribution in [2.75, 3.05) is 5.73 Å². The fourth-order valence-electron chi connectivity index (χ4n) is 1.31. The van der Waals surface area contributed by atoms with Gasteiger partial charge in [-0.05, 0) is 6.92 Å². The Bertz CT molecular complexity index is 505. The van der Waals surface area contributed by atoms with Gasteiger partial charge in [-0.3, -0.25) is 0 Å². The zero-order valence-electron chi connectivity index (χ0n) is 7.00. The third-order valence-electron chi connectivity index (χ3n) is 1.92. The van der Waals surface area contributed by atoms with E-state index < -0.39 is 0 Å². The fourth-order valence-corrected chi connectivity index (χ4v) is 1.31. The van der Waals surface area contributed by atoms with Gasteiger partial charge in [-0.1, -0.05) is 0 Å². The second-order valence-corrected chi connectivity index (χ2v) is 2.72. The molecule has 13 heavy (non-hydrogen) atoms. The summed E-state index contributed by atoms with van der Waals surface area (Å²) in [5, 5.41) is 9.46. The molecule has 3 N–H and O–H groups in total. The molecule has 0 saturated heterocycles. The molecule has 0 spiro atoms. The van der Waals surface area contributed by atoms with E-state index in [0.717, 1.165) is 5.69 Å². The van der Waals surface area contributed by atoms with E-state index in [9.17, 15) is 0 Å². The van der Waals surface area contributed by atoms with Gasteiger partial charge in [0.2, 0.25) is 0 Å². The topological polar surface area (TPSA) is 91.4 Å². The van der Waals surface area contributed by atoms with Gasteiger partial charge in [-0.25, -0.2) is 9.97 Å². The molecule has 2 rings (SSSR count). The maximum absolute atomic E-state index is 8.85. The number of aromatic nitrogens is 3. The molecule has 0 bridgehead atoms. The number of H-pyrrole nitrogens is 1. The van der Waals surface area contributed by atoms with Gasteiger partial charge in [0, 0.05) is 5.69 Å². The Balaban J connectivity index is 2.99. The summed E-state index contributed by atoms with van der Waals surface area (Å²) >= 11 is 0. The number of nitrogen functional groups attached to an aromatic ring is 1. The van der Waals surface area contributed by atoms with Crippen LogP contribution in [0.2, 0.25) is 0 Å². The van der Waals surface area contributed by atoms with Crippen LogP contribution in [0.4, 0.5) is 5.82 Å². The highest BCUT2D eigenvalue weighted by Gasteiger charge is 2.11. The summed E-state index contributed by atoms with van der Waals surface area (Å²) in [4.78, 5) is 10.8. The summed E-state index contributed by atoms with van der Waals surface area (Å²) in [7, 11) is 0. The van der Waals surface area contributed by atoms with Crippen molar-refractivity contribution in [2.24, 2.45) is 0 Å². The quantitative estimate of drug-likeness (QED) is 0.614. The van der Waals surface area contributed by atoms with Crippen molar-refractivity contribution in [1.29, 1.82) is 5.26 Å². The van der Waals surface area contributed by atoms with E-state index in [1.165, 1.54) is 6.33 Å². The minimum absolute atomic E-state index is 0.339. The van der Waals surface area contributed by atoms with Crippen LogP contribution < -0.4 is 5.73 Å². The molecular weight excluding hydrogens is 166 g/mol. The highest BCUT2D eigenvalue weighted by atomic mass is 15.0. The number of nitrogens with two attached hydrogens (primary N) is 1. The Labute approximate surface area is 74.2 Å². The molecule has 2 aromatic rings. The van der Waals surface area contributed by atoms with Gasteiger partial charge in [0.25, 0.3) is 0 Å². The lowest BCUT2D eigenvalue weighted by Crippen LogP contribution is -1.92. The summed E-state index contributed by atoms with van der Waals surface area (Å²) in [5.74, 6) is 0.339. The van der Waals surface area contributed by atoms with Gasteiger partial charge in [-0.2, -0.15) is 5.26 Å². The second kappa shape index (κ2) is 2.45. The molecule has 0 aromatic carbocycles. The lowest BCUT2D eigenvalue weighted by Gasteiger charge is -1.92. The first-order valence-corrected chi connectivity index (χ1v) is 3.73. The summed E-state index contributed by atoms with van der Waals surface area (Å²) in [6, 6.07) is 2.07. The Morgan fingerprint density at radius 1 is 1.54 bits per heavy atom. The molecule has 0 fully saturated rings. The molecule has 0 saturated carbocycles. The number of anilines is 1. The molecule has 5 heteroatoms. The fraction of sp³-hybridized carbons (Fsp3) is 0.125. The zero-order valence-corrected chi connectivity index (χ0v) is 7.00. The van der Waals surface area contributed by atoms with Gasteiger partial charge in [0.1, 0.15) is 23.9 Å². The molecule has 5 nitrogen and oxygen atoms in total. The highest BCUT2D eigenvalue weighted by Crippen LogP contribution is 2.22. The number of aryl methyl sites for hydroxylation is 1. The van der Waals surface area contributed by atoms with E-state index in [-0.39, 0.29) is 0 Å². The number of fused-ring (bicyclic) bond motifs is 1. The molecule has 2 aromatic heterocycles. The van der Waals surface area contributed by atoms with Crippen molar-refractivity contribution in [1.82, 2.24) is 15.0 Å². The van der Waals surface area contributed by atoms with Crippen molar-refractivity contribution in [2.45, 2.75) is 6.92 Å². The van der Waals surface area contributed by atoms with Crippen molar-refractivity contribution in [3.05, 3.63) is 17.6 Å². The number of aromatic amines is 1. The van der Waals surface area contributed by atoms with Crippen molar-refractivity contribution >= 4 is 16.9 Å². The molecule has 0 atom stereocenters. The summed E-state index contributed by atoms with van der Waals surface area (Å²) < 4.78 is 0. The van der Waals surface area contributed by atoms with Crippen molar-refractivity contribution in [3.8, 4) is 6.07 Å². The first kappa shape index (κ1) is 7.55. The van der Waals surface area contributed by atoms with E-state index in [2.05, 4.69) is 21.0 Å². The molecule has 0 unspecified atom stereocenters. The van der Waals surface area contributed by atoms with E-state index in [1.54, 1.807) is 6.92 Å². The van der Waals surface area contributed by atoms with Crippen LogP contribution in [0.25, 0.3) is 11.0 Å². The number of hydrogen-bond acceptors (Lipinski definition) is 4. The van der Waals surface area contributed by atoms with Crippen LogP contribution in [-0.2, 0) is 0 Å². The summed E-state index contributed by atoms with van der Waals surface area (Å²) in [5.41, 5.74) is 7.53. The molecule has 64 valence electrons. The van der Waals surface area contributed by atoms with Crippen LogP contribution in [0.5, 0.6) is 0 Å². The number of hydrogen-bond donors (Lipinski definition) is 2. The van der Waals surface area contributed by atoms with E-state index >= 15 is 0 Å². The number of nitrogens with zero attached hydrogens (tertiary/aromatic N) is 3. The predicted octanol–water partition coefficient (Wildman–Crippen LogP) is 0.720. The normalized spacial score (nSPS) is 10.2. The monoisotopic (exact) mass is 173 g/mol. The molecule has 0 radical (unpaired) electrons. The van der Waals surface area contributed by atoms with Crippen LogP contribution in [0.15, 0.2) is 6.33 Å². The smallest absolute Gasteiger partial charge is 0.144 e. The van der Waals surface area contributed by atoms with Crippen molar-refractivity contribution in [3.63, 3.8) is 0 Å². The number of nitrogens with one attached hydrogen (secondary N) is 1. The van der Waals surface area contributed by atoms with E-state index in [1.807, 2.05) is 0 Å².